The lowest BCUT2D eigenvalue weighted by molar-refractivity contribution is -0.143. The summed E-state index contributed by atoms with van der Waals surface area (Å²) in [6.45, 7) is 1.24. The second kappa shape index (κ2) is 10.7. The number of nitrogens with zero attached hydrogens (tertiary/aromatic N) is 4. The number of aromatic nitrogens is 2. The molecule has 212 valence electrons. The number of amidine groups is 1. The number of hydrogen-bond acceptors (Lipinski definition) is 6. The van der Waals surface area contributed by atoms with E-state index in [4.69, 9.17) is 11.6 Å². The molecule has 3 aromatic rings. The topological polar surface area (TPSA) is 82.8 Å². The van der Waals surface area contributed by atoms with Crippen LogP contribution < -0.4 is 5.32 Å². The first-order valence-corrected chi connectivity index (χ1v) is 13.1. The molecular weight excluding hydrogens is 584 g/mol. The van der Waals surface area contributed by atoms with Gasteiger partial charge in [-0.15, -0.1) is 0 Å². The fraction of sp³-hybridized carbons (Fsp3) is 0.320. The number of aliphatic hydroxyl groups excluding tert-OH is 1. The molecule has 1 amide bonds. The molecule has 2 aliphatic heterocycles. The monoisotopic (exact) mass is 603 g/mol. The van der Waals surface area contributed by atoms with Crippen LogP contribution in [0.25, 0.3) is 17.0 Å². The molecule has 40 heavy (non-hydrogen) atoms. The van der Waals surface area contributed by atoms with Gasteiger partial charge in [0.05, 0.1) is 34.7 Å². The van der Waals surface area contributed by atoms with Gasteiger partial charge >= 0.3 is 12.4 Å². The van der Waals surface area contributed by atoms with E-state index in [-0.39, 0.29) is 23.9 Å². The number of amides is 1. The SMILES string of the molecule is O=C1N=C(N2CCN[C@@H](CO)C2)S/C1=C\c1ccc2c(c1)c(Cl)nn2Cc1ccc(C(F)(F)F)cc1C(F)(F)F. The minimum absolute atomic E-state index is 0.0195. The summed E-state index contributed by atoms with van der Waals surface area (Å²) in [6, 6.07) is 6.14. The Labute approximate surface area is 232 Å². The van der Waals surface area contributed by atoms with Gasteiger partial charge in [0, 0.05) is 31.1 Å². The van der Waals surface area contributed by atoms with E-state index in [1.807, 2.05) is 4.90 Å². The lowest BCUT2D eigenvalue weighted by Crippen LogP contribution is -2.53. The fourth-order valence-electron chi connectivity index (χ4n) is 4.49. The Morgan fingerprint density at radius 3 is 2.60 bits per heavy atom. The van der Waals surface area contributed by atoms with Crippen molar-refractivity contribution in [3.63, 3.8) is 0 Å². The van der Waals surface area contributed by atoms with E-state index in [0.717, 1.165) is 6.07 Å². The maximum atomic E-state index is 13.6. The third kappa shape index (κ3) is 5.85. The first-order chi connectivity index (χ1) is 18.8. The minimum Gasteiger partial charge on any atom is -0.395 e. The summed E-state index contributed by atoms with van der Waals surface area (Å²) in [5.41, 5.74) is -2.28. The first kappa shape index (κ1) is 28.5. The normalized spacial score (nSPS) is 19.6. The van der Waals surface area contributed by atoms with Crippen LogP contribution in [0.5, 0.6) is 0 Å². The Morgan fingerprint density at radius 2 is 1.90 bits per heavy atom. The van der Waals surface area contributed by atoms with Crippen molar-refractivity contribution in [1.29, 1.82) is 0 Å². The number of aliphatic imine (C=N–C) groups is 1. The van der Waals surface area contributed by atoms with Crippen molar-refractivity contribution in [1.82, 2.24) is 20.0 Å². The van der Waals surface area contributed by atoms with Gasteiger partial charge in [0.25, 0.3) is 5.91 Å². The van der Waals surface area contributed by atoms with Crippen molar-refractivity contribution in [3.05, 3.63) is 68.7 Å². The molecular formula is C25H20ClF6N5O2S. The molecule has 1 fully saturated rings. The van der Waals surface area contributed by atoms with E-state index in [0.29, 0.717) is 52.2 Å². The number of aliphatic hydroxyl groups is 1. The van der Waals surface area contributed by atoms with Gasteiger partial charge in [-0.1, -0.05) is 23.7 Å². The van der Waals surface area contributed by atoms with Crippen LogP contribution in [0, 0.1) is 0 Å². The molecule has 0 aliphatic carbocycles. The predicted octanol–water partition coefficient (Wildman–Crippen LogP) is 5.01. The number of fused-ring (bicyclic) bond motifs is 1. The summed E-state index contributed by atoms with van der Waals surface area (Å²) in [5.74, 6) is -0.428. The molecule has 2 aliphatic rings. The maximum Gasteiger partial charge on any atom is 0.416 e. The summed E-state index contributed by atoms with van der Waals surface area (Å²) in [5, 5.41) is 17.6. The van der Waals surface area contributed by atoms with Gasteiger partial charge in [0.1, 0.15) is 0 Å². The largest absolute Gasteiger partial charge is 0.416 e. The second-order valence-electron chi connectivity index (χ2n) is 9.18. The molecule has 15 heteroatoms. The quantitative estimate of drug-likeness (QED) is 0.322. The molecule has 2 N–H and O–H groups in total. The zero-order chi connectivity index (χ0) is 28.8. The standard InChI is InChI=1S/C25H20ClF6N5O2S/c26-21-17-7-13(8-20-22(39)34-23(40-20)36-6-5-33-16(11-36)12-38)1-4-19(17)37(35-21)10-14-2-3-15(24(27,28)29)9-18(14)25(30,31)32/h1-4,7-9,16,33,38H,5-6,10-12H2/b20-8-/t16-/m1/s1. The van der Waals surface area contributed by atoms with Gasteiger partial charge in [-0.25, -0.2) is 0 Å². The molecule has 0 bridgehead atoms. The van der Waals surface area contributed by atoms with Crippen LogP contribution >= 0.6 is 23.4 Å². The molecule has 3 heterocycles. The van der Waals surface area contributed by atoms with Gasteiger partial charge in [-0.3, -0.25) is 9.48 Å². The number of piperazine rings is 1. The molecule has 2 aromatic carbocycles. The smallest absolute Gasteiger partial charge is 0.395 e. The van der Waals surface area contributed by atoms with Crippen molar-refractivity contribution < 1.29 is 36.2 Å². The average molecular weight is 604 g/mol. The summed E-state index contributed by atoms with van der Waals surface area (Å²) in [6.07, 6.45) is -8.33. The molecule has 0 unspecified atom stereocenters. The Hall–Kier alpha value is -3.07. The lowest BCUT2D eigenvalue weighted by atomic mass is 10.0. The maximum absolute atomic E-state index is 13.6. The highest BCUT2D eigenvalue weighted by Gasteiger charge is 2.38. The molecule has 1 aromatic heterocycles. The average Bonchev–Trinajstić information content (AvgIpc) is 3.41. The summed E-state index contributed by atoms with van der Waals surface area (Å²) < 4.78 is 81.1. The van der Waals surface area contributed by atoms with E-state index < -0.39 is 41.5 Å². The number of rotatable bonds is 4. The molecule has 0 spiro atoms. The second-order valence-corrected chi connectivity index (χ2v) is 10.5. The molecule has 1 saturated heterocycles. The van der Waals surface area contributed by atoms with Crippen LogP contribution in [0.3, 0.4) is 0 Å². The third-order valence-electron chi connectivity index (χ3n) is 6.45. The Balaban J connectivity index is 1.40. The first-order valence-electron chi connectivity index (χ1n) is 11.9. The third-order valence-corrected chi connectivity index (χ3v) is 7.77. The van der Waals surface area contributed by atoms with Gasteiger partial charge in [0.2, 0.25) is 0 Å². The van der Waals surface area contributed by atoms with Gasteiger partial charge in [-0.05, 0) is 53.2 Å². The van der Waals surface area contributed by atoms with Crippen LogP contribution in [-0.4, -0.2) is 63.1 Å². The summed E-state index contributed by atoms with van der Waals surface area (Å²) in [7, 11) is 0. The number of alkyl halides is 6. The van der Waals surface area contributed by atoms with E-state index in [1.165, 1.54) is 16.4 Å². The summed E-state index contributed by atoms with van der Waals surface area (Å²) in [4.78, 5) is 18.9. The van der Waals surface area contributed by atoms with E-state index in [2.05, 4.69) is 15.4 Å². The summed E-state index contributed by atoms with van der Waals surface area (Å²) >= 11 is 7.47. The van der Waals surface area contributed by atoms with Crippen molar-refractivity contribution >= 4 is 51.4 Å². The predicted molar refractivity (Wildman–Crippen MR) is 139 cm³/mol. The number of hydrogen-bond donors (Lipinski definition) is 2. The van der Waals surface area contributed by atoms with Crippen LogP contribution in [0.2, 0.25) is 5.15 Å². The highest BCUT2D eigenvalue weighted by Crippen LogP contribution is 2.38. The molecule has 1 atom stereocenters. The van der Waals surface area contributed by atoms with Crippen molar-refractivity contribution in [3.8, 4) is 0 Å². The number of halogens is 7. The number of nitrogens with one attached hydrogen (secondary N) is 1. The number of benzene rings is 2. The van der Waals surface area contributed by atoms with Gasteiger partial charge in [0.15, 0.2) is 10.3 Å². The van der Waals surface area contributed by atoms with Crippen molar-refractivity contribution in [2.75, 3.05) is 26.2 Å². The number of thioether (sulfide) groups is 1. The van der Waals surface area contributed by atoms with Gasteiger partial charge < -0.3 is 15.3 Å². The van der Waals surface area contributed by atoms with Crippen LogP contribution in [0.1, 0.15) is 22.3 Å². The van der Waals surface area contributed by atoms with E-state index >= 15 is 0 Å². The zero-order valence-corrected chi connectivity index (χ0v) is 21.9. The highest BCUT2D eigenvalue weighted by atomic mass is 35.5. The van der Waals surface area contributed by atoms with Gasteiger partial charge in [-0.2, -0.15) is 36.4 Å². The molecule has 0 radical (unpaired) electrons. The molecule has 5 rings (SSSR count). The Bertz CT molecular complexity index is 1530. The van der Waals surface area contributed by atoms with Crippen LogP contribution in [0.15, 0.2) is 46.3 Å². The zero-order valence-electron chi connectivity index (χ0n) is 20.4. The van der Waals surface area contributed by atoms with Crippen LogP contribution in [0.4, 0.5) is 26.3 Å². The minimum atomic E-state index is -5.02. The van der Waals surface area contributed by atoms with Crippen LogP contribution in [-0.2, 0) is 23.7 Å². The highest BCUT2D eigenvalue weighted by molar-refractivity contribution is 8.18. The Morgan fingerprint density at radius 1 is 1.12 bits per heavy atom. The van der Waals surface area contributed by atoms with Crippen molar-refractivity contribution in [2.45, 2.75) is 24.9 Å². The van der Waals surface area contributed by atoms with E-state index in [9.17, 15) is 36.2 Å². The lowest BCUT2D eigenvalue weighted by Gasteiger charge is -2.33. The van der Waals surface area contributed by atoms with E-state index in [1.54, 1.807) is 24.3 Å². The molecule has 7 nitrogen and oxygen atoms in total. The van der Waals surface area contributed by atoms with Crippen molar-refractivity contribution in [2.24, 2.45) is 4.99 Å². The molecule has 0 saturated carbocycles. The fourth-order valence-corrected chi connectivity index (χ4v) is 5.68. The Kier molecular flexibility index (Phi) is 7.63. The number of carbonyl (C=O) groups is 1. The number of carbonyl (C=O) groups excluding carboxylic acids is 1.